The normalized spacial score (nSPS) is 14.4. The standard InChI is InChI=1S/C11H17N5O4/c1-3-6(4-17)20-11(18)16-5-13-7-8(16)14-10(12)15-9(7)19-2/h5-6,11,17-18H,3-4H2,1-2H3,(H2,12,14,15)/t6-,11-/m0/s1. The highest BCUT2D eigenvalue weighted by Gasteiger charge is 2.19. The van der Waals surface area contributed by atoms with Crippen molar-refractivity contribution in [1.82, 2.24) is 19.5 Å². The molecule has 20 heavy (non-hydrogen) atoms. The average Bonchev–Trinajstić information content (AvgIpc) is 2.87. The molecule has 0 aliphatic carbocycles. The lowest BCUT2D eigenvalue weighted by Crippen LogP contribution is -2.23. The molecule has 0 aliphatic heterocycles. The molecule has 0 bridgehead atoms. The minimum atomic E-state index is -1.34. The number of fused-ring (bicyclic) bond motifs is 1. The second kappa shape index (κ2) is 5.99. The van der Waals surface area contributed by atoms with Crippen LogP contribution >= 0.6 is 0 Å². The molecule has 0 amide bonds. The summed E-state index contributed by atoms with van der Waals surface area (Å²) in [5.74, 6) is 0.213. The van der Waals surface area contributed by atoms with Crippen molar-refractivity contribution >= 4 is 17.1 Å². The first-order valence-electron chi connectivity index (χ1n) is 6.09. The molecule has 0 saturated heterocycles. The van der Waals surface area contributed by atoms with Crippen LogP contribution in [0.3, 0.4) is 0 Å². The van der Waals surface area contributed by atoms with Gasteiger partial charge in [-0.3, -0.25) is 4.57 Å². The van der Waals surface area contributed by atoms with Crippen LogP contribution in [0, 0.1) is 0 Å². The van der Waals surface area contributed by atoms with E-state index in [9.17, 15) is 5.11 Å². The number of hydrogen-bond acceptors (Lipinski definition) is 8. The van der Waals surface area contributed by atoms with E-state index in [1.54, 1.807) is 0 Å². The zero-order valence-electron chi connectivity index (χ0n) is 11.2. The third kappa shape index (κ3) is 2.64. The van der Waals surface area contributed by atoms with Gasteiger partial charge in [0.25, 0.3) is 0 Å². The van der Waals surface area contributed by atoms with Gasteiger partial charge in [-0.15, -0.1) is 0 Å². The number of nitrogen functional groups attached to an aromatic ring is 1. The quantitative estimate of drug-likeness (QED) is 0.614. The maximum absolute atomic E-state index is 10.0. The predicted molar refractivity (Wildman–Crippen MR) is 69.8 cm³/mol. The lowest BCUT2D eigenvalue weighted by molar-refractivity contribution is -0.190. The molecule has 2 aromatic heterocycles. The molecule has 2 aromatic rings. The van der Waals surface area contributed by atoms with Gasteiger partial charge in [-0.05, 0) is 6.42 Å². The summed E-state index contributed by atoms with van der Waals surface area (Å²) >= 11 is 0. The monoisotopic (exact) mass is 283 g/mol. The first-order valence-corrected chi connectivity index (χ1v) is 6.09. The van der Waals surface area contributed by atoms with Crippen molar-refractivity contribution in [3.8, 4) is 5.88 Å². The summed E-state index contributed by atoms with van der Waals surface area (Å²) in [6.45, 7) is 1.64. The number of nitrogens with two attached hydrogens (primary N) is 1. The first kappa shape index (κ1) is 14.4. The topological polar surface area (TPSA) is 129 Å². The Labute approximate surface area is 115 Å². The van der Waals surface area contributed by atoms with Gasteiger partial charge in [-0.2, -0.15) is 9.97 Å². The number of rotatable bonds is 6. The number of methoxy groups -OCH3 is 1. The number of ether oxygens (including phenoxy) is 2. The summed E-state index contributed by atoms with van der Waals surface area (Å²) in [5.41, 5.74) is 6.23. The second-order valence-electron chi connectivity index (χ2n) is 4.09. The number of imidazole rings is 1. The van der Waals surface area contributed by atoms with E-state index in [2.05, 4.69) is 15.0 Å². The summed E-state index contributed by atoms with van der Waals surface area (Å²) in [4.78, 5) is 12.0. The molecule has 2 heterocycles. The minimum absolute atomic E-state index is 0.00232. The molecular formula is C11H17N5O4. The molecule has 0 unspecified atom stereocenters. The molecule has 110 valence electrons. The SMILES string of the molecule is CC[C@@H](CO)O[C@H](O)n1cnc2c(OC)nc(N)nc21. The van der Waals surface area contributed by atoms with E-state index < -0.39 is 12.5 Å². The summed E-state index contributed by atoms with van der Waals surface area (Å²) in [6, 6.07) is 0. The maximum atomic E-state index is 10.0. The minimum Gasteiger partial charge on any atom is -0.479 e. The Morgan fingerprint density at radius 2 is 2.20 bits per heavy atom. The van der Waals surface area contributed by atoms with Crippen LogP contribution < -0.4 is 10.5 Å². The van der Waals surface area contributed by atoms with Crippen molar-refractivity contribution in [2.24, 2.45) is 0 Å². The van der Waals surface area contributed by atoms with Crippen LogP contribution in [0.1, 0.15) is 19.8 Å². The Bertz CT molecular complexity index is 583. The number of hydrogen-bond donors (Lipinski definition) is 3. The van der Waals surface area contributed by atoms with E-state index in [1.165, 1.54) is 18.0 Å². The zero-order valence-corrected chi connectivity index (χ0v) is 11.2. The van der Waals surface area contributed by atoms with E-state index in [1.807, 2.05) is 6.92 Å². The Morgan fingerprint density at radius 3 is 2.80 bits per heavy atom. The van der Waals surface area contributed by atoms with Gasteiger partial charge in [-0.25, -0.2) is 4.98 Å². The van der Waals surface area contributed by atoms with Crippen molar-refractivity contribution in [3.63, 3.8) is 0 Å². The Morgan fingerprint density at radius 1 is 1.45 bits per heavy atom. The third-order valence-electron chi connectivity index (χ3n) is 2.81. The van der Waals surface area contributed by atoms with Gasteiger partial charge in [0.1, 0.15) is 6.33 Å². The smallest absolute Gasteiger partial charge is 0.246 e. The average molecular weight is 283 g/mol. The van der Waals surface area contributed by atoms with E-state index >= 15 is 0 Å². The van der Waals surface area contributed by atoms with Gasteiger partial charge < -0.3 is 25.4 Å². The number of aliphatic hydroxyl groups is 2. The number of aromatic nitrogens is 4. The Hall–Kier alpha value is -1.97. The molecule has 0 aromatic carbocycles. The fraction of sp³-hybridized carbons (Fsp3) is 0.545. The van der Waals surface area contributed by atoms with Crippen LogP contribution in [-0.4, -0.2) is 49.6 Å². The second-order valence-corrected chi connectivity index (χ2v) is 4.09. The van der Waals surface area contributed by atoms with Crippen LogP contribution in [0.4, 0.5) is 5.95 Å². The van der Waals surface area contributed by atoms with E-state index in [-0.39, 0.29) is 24.1 Å². The predicted octanol–water partition coefficient (Wildman–Crippen LogP) is -0.347. The van der Waals surface area contributed by atoms with Gasteiger partial charge in [0, 0.05) is 0 Å². The van der Waals surface area contributed by atoms with Crippen LogP contribution in [0.2, 0.25) is 0 Å². The molecular weight excluding hydrogens is 266 g/mol. The van der Waals surface area contributed by atoms with Crippen molar-refractivity contribution < 1.29 is 19.7 Å². The summed E-state index contributed by atoms with van der Waals surface area (Å²) in [5, 5.41) is 19.1. The van der Waals surface area contributed by atoms with Gasteiger partial charge >= 0.3 is 0 Å². The Balaban J connectivity index is 2.37. The maximum Gasteiger partial charge on any atom is 0.246 e. The highest BCUT2D eigenvalue weighted by molar-refractivity contribution is 5.77. The van der Waals surface area contributed by atoms with Crippen LogP contribution in [-0.2, 0) is 4.74 Å². The largest absolute Gasteiger partial charge is 0.479 e. The molecule has 9 nitrogen and oxygen atoms in total. The van der Waals surface area contributed by atoms with Gasteiger partial charge in [-0.1, -0.05) is 6.92 Å². The number of aliphatic hydroxyl groups excluding tert-OH is 2. The lowest BCUT2D eigenvalue weighted by Gasteiger charge is -2.19. The Kier molecular flexibility index (Phi) is 4.32. The zero-order chi connectivity index (χ0) is 14.7. The van der Waals surface area contributed by atoms with Gasteiger partial charge in [0.2, 0.25) is 18.2 Å². The van der Waals surface area contributed by atoms with Crippen LogP contribution in [0.25, 0.3) is 11.2 Å². The van der Waals surface area contributed by atoms with Crippen LogP contribution in [0.15, 0.2) is 6.33 Å². The molecule has 0 spiro atoms. The molecule has 2 rings (SSSR count). The number of anilines is 1. The van der Waals surface area contributed by atoms with Crippen molar-refractivity contribution in [2.75, 3.05) is 19.5 Å². The molecule has 4 N–H and O–H groups in total. The lowest BCUT2D eigenvalue weighted by atomic mass is 10.3. The summed E-state index contributed by atoms with van der Waals surface area (Å²) in [6.07, 6.45) is 0.0797. The molecule has 2 atom stereocenters. The molecule has 0 saturated carbocycles. The van der Waals surface area contributed by atoms with Crippen molar-refractivity contribution in [3.05, 3.63) is 6.33 Å². The first-order chi connectivity index (χ1) is 9.60. The third-order valence-corrected chi connectivity index (χ3v) is 2.81. The highest BCUT2D eigenvalue weighted by Crippen LogP contribution is 2.24. The highest BCUT2D eigenvalue weighted by atomic mass is 16.6. The summed E-state index contributed by atoms with van der Waals surface area (Å²) in [7, 11) is 1.44. The molecule has 0 radical (unpaired) electrons. The summed E-state index contributed by atoms with van der Waals surface area (Å²) < 4.78 is 11.6. The van der Waals surface area contributed by atoms with Crippen molar-refractivity contribution in [1.29, 1.82) is 0 Å². The molecule has 0 fully saturated rings. The van der Waals surface area contributed by atoms with Gasteiger partial charge in [0.15, 0.2) is 11.2 Å². The van der Waals surface area contributed by atoms with Crippen LogP contribution in [0.5, 0.6) is 5.88 Å². The number of nitrogens with zero attached hydrogens (tertiary/aromatic N) is 4. The van der Waals surface area contributed by atoms with Gasteiger partial charge in [0.05, 0.1) is 19.8 Å². The molecule has 9 heteroatoms. The fourth-order valence-electron chi connectivity index (χ4n) is 1.72. The van der Waals surface area contributed by atoms with E-state index in [4.69, 9.17) is 20.3 Å². The van der Waals surface area contributed by atoms with E-state index in [0.717, 1.165) is 0 Å². The molecule has 0 aliphatic rings. The fourth-order valence-corrected chi connectivity index (χ4v) is 1.72. The van der Waals surface area contributed by atoms with E-state index in [0.29, 0.717) is 11.9 Å². The van der Waals surface area contributed by atoms with Crippen molar-refractivity contribution in [2.45, 2.75) is 25.9 Å².